The highest BCUT2D eigenvalue weighted by atomic mass is 16.6. The van der Waals surface area contributed by atoms with Gasteiger partial charge in [-0.15, -0.1) is 0 Å². The summed E-state index contributed by atoms with van der Waals surface area (Å²) >= 11 is 0. The van der Waals surface area contributed by atoms with Crippen LogP contribution in [0.3, 0.4) is 0 Å². The summed E-state index contributed by atoms with van der Waals surface area (Å²) in [5.41, 5.74) is -0.169. The summed E-state index contributed by atoms with van der Waals surface area (Å²) in [6.07, 6.45) is 9.60. The van der Waals surface area contributed by atoms with Gasteiger partial charge in [0.2, 0.25) is 0 Å². The molecule has 5 nitrogen and oxygen atoms in total. The third kappa shape index (κ3) is 5.73. The largest absolute Gasteiger partial charge is 0.466 e. The molecule has 3 fully saturated rings. The molecule has 0 aliphatic heterocycles. The molecule has 27 heavy (non-hydrogen) atoms. The zero-order valence-electron chi connectivity index (χ0n) is 17.8. The number of rotatable bonds is 7. The van der Waals surface area contributed by atoms with Crippen molar-refractivity contribution in [1.82, 2.24) is 5.32 Å². The Morgan fingerprint density at radius 3 is 2.48 bits per heavy atom. The number of hydrogen-bond acceptors (Lipinski definition) is 4. The number of ether oxygens (including phenoxy) is 2. The number of nitrogens with one attached hydrogen (secondary N) is 1. The molecular weight excluding hydrogens is 342 g/mol. The van der Waals surface area contributed by atoms with Crippen LogP contribution >= 0.6 is 0 Å². The molecule has 5 heteroatoms. The van der Waals surface area contributed by atoms with Crippen LogP contribution in [0.4, 0.5) is 4.79 Å². The first kappa shape index (κ1) is 21.8. The second-order valence-electron chi connectivity index (χ2n) is 9.74. The lowest BCUT2D eigenvalue weighted by atomic mass is 9.44. The zero-order valence-corrected chi connectivity index (χ0v) is 17.8. The van der Waals surface area contributed by atoms with Crippen LogP contribution in [0, 0.1) is 23.2 Å². The van der Waals surface area contributed by atoms with E-state index in [1.54, 1.807) is 0 Å². The number of esters is 1. The highest BCUT2D eigenvalue weighted by Crippen LogP contribution is 2.61. The summed E-state index contributed by atoms with van der Waals surface area (Å²) in [6.45, 7) is 10.4. The quantitative estimate of drug-likeness (QED) is 0.390. The van der Waals surface area contributed by atoms with Crippen molar-refractivity contribution < 1.29 is 19.1 Å². The molecule has 3 saturated carbocycles. The summed E-state index contributed by atoms with van der Waals surface area (Å²) in [5.74, 6) is 1.52. The van der Waals surface area contributed by atoms with Gasteiger partial charge in [-0.2, -0.15) is 0 Å². The van der Waals surface area contributed by atoms with Crippen LogP contribution in [0.15, 0.2) is 12.2 Å². The number of allylic oxidation sites excluding steroid dienone is 1. The van der Waals surface area contributed by atoms with Crippen LogP contribution in [0.1, 0.15) is 73.1 Å². The van der Waals surface area contributed by atoms with E-state index in [2.05, 4.69) is 23.9 Å². The fourth-order valence-electron chi connectivity index (χ4n) is 4.78. The average molecular weight is 380 g/mol. The van der Waals surface area contributed by atoms with Crippen molar-refractivity contribution in [1.29, 1.82) is 0 Å². The van der Waals surface area contributed by atoms with Gasteiger partial charge in [-0.1, -0.05) is 26.3 Å². The first-order valence-corrected chi connectivity index (χ1v) is 10.3. The van der Waals surface area contributed by atoms with E-state index in [-0.39, 0.29) is 18.1 Å². The summed E-state index contributed by atoms with van der Waals surface area (Å²) in [6, 6.07) is 0.200. The third-order valence-electron chi connectivity index (χ3n) is 6.41. The van der Waals surface area contributed by atoms with Gasteiger partial charge >= 0.3 is 12.1 Å². The molecule has 0 radical (unpaired) electrons. The van der Waals surface area contributed by atoms with Gasteiger partial charge in [0.25, 0.3) is 0 Å². The van der Waals surface area contributed by atoms with E-state index in [1.165, 1.54) is 26.0 Å². The van der Waals surface area contributed by atoms with Crippen molar-refractivity contribution in [3.63, 3.8) is 0 Å². The third-order valence-corrected chi connectivity index (χ3v) is 6.41. The second kappa shape index (κ2) is 8.66. The number of unbranched alkanes of at least 4 members (excludes halogenated alkanes) is 2. The molecule has 1 amide bonds. The van der Waals surface area contributed by atoms with Crippen LogP contribution in [0.5, 0.6) is 0 Å². The maximum Gasteiger partial charge on any atom is 0.407 e. The number of fused-ring (bicyclic) bond motifs is 2. The lowest BCUT2D eigenvalue weighted by molar-refractivity contribution is -0.134. The van der Waals surface area contributed by atoms with Gasteiger partial charge in [-0.3, -0.25) is 0 Å². The normalized spacial score (nSPS) is 29.1. The maximum atomic E-state index is 12.4. The Balaban J connectivity index is 1.87. The van der Waals surface area contributed by atoms with Gasteiger partial charge in [0, 0.05) is 12.1 Å². The van der Waals surface area contributed by atoms with Crippen LogP contribution in [-0.4, -0.2) is 30.8 Å². The first-order chi connectivity index (χ1) is 12.5. The molecule has 154 valence electrons. The molecule has 0 aromatic heterocycles. The number of amides is 1. The molecule has 4 unspecified atom stereocenters. The smallest absolute Gasteiger partial charge is 0.407 e. The minimum Gasteiger partial charge on any atom is -0.466 e. The molecule has 4 atom stereocenters. The molecule has 0 aromatic rings. The van der Waals surface area contributed by atoms with E-state index >= 15 is 0 Å². The molecule has 0 saturated heterocycles. The van der Waals surface area contributed by atoms with Gasteiger partial charge in [-0.05, 0) is 76.0 Å². The Morgan fingerprint density at radius 2 is 1.89 bits per heavy atom. The Morgan fingerprint density at radius 1 is 1.19 bits per heavy atom. The highest BCUT2D eigenvalue weighted by molar-refractivity contribution is 5.81. The van der Waals surface area contributed by atoms with Gasteiger partial charge in [0.15, 0.2) is 0 Å². The fourth-order valence-corrected chi connectivity index (χ4v) is 4.78. The maximum absolute atomic E-state index is 12.4. The monoisotopic (exact) mass is 379 g/mol. The Bertz CT molecular complexity index is 561. The SMILES string of the molecule is COC(=O)/C=C/CCCCC1CC2CC(C1NC(=O)OC(C)(C)C)C2(C)C. The lowest BCUT2D eigenvalue weighted by Crippen LogP contribution is -2.63. The molecule has 0 heterocycles. The Labute approximate surface area is 164 Å². The van der Waals surface area contributed by atoms with Crippen molar-refractivity contribution in [2.45, 2.75) is 84.8 Å². The number of carbonyl (C=O) groups excluding carboxylic acids is 2. The number of methoxy groups -OCH3 is 1. The van der Waals surface area contributed by atoms with E-state index in [0.29, 0.717) is 17.3 Å². The zero-order chi connectivity index (χ0) is 20.2. The van der Waals surface area contributed by atoms with Crippen molar-refractivity contribution in [3.8, 4) is 0 Å². The van der Waals surface area contributed by atoms with Crippen LogP contribution in [-0.2, 0) is 14.3 Å². The molecule has 3 aliphatic rings. The van der Waals surface area contributed by atoms with E-state index < -0.39 is 5.60 Å². The van der Waals surface area contributed by atoms with Gasteiger partial charge in [-0.25, -0.2) is 9.59 Å². The van der Waals surface area contributed by atoms with E-state index in [1.807, 2.05) is 26.8 Å². The topological polar surface area (TPSA) is 64.6 Å². The molecule has 2 bridgehead atoms. The predicted octanol–water partition coefficient (Wildman–Crippen LogP) is 4.85. The molecule has 3 rings (SSSR count). The van der Waals surface area contributed by atoms with E-state index in [4.69, 9.17) is 4.74 Å². The van der Waals surface area contributed by atoms with Crippen molar-refractivity contribution >= 4 is 12.1 Å². The highest BCUT2D eigenvalue weighted by Gasteiger charge is 2.57. The Kier molecular flexibility index (Phi) is 6.98. The Hall–Kier alpha value is -1.52. The molecule has 1 N–H and O–H groups in total. The van der Waals surface area contributed by atoms with Gasteiger partial charge in [0.1, 0.15) is 5.60 Å². The molecule has 0 aromatic carbocycles. The average Bonchev–Trinajstić information content (AvgIpc) is 2.56. The summed E-state index contributed by atoms with van der Waals surface area (Å²) < 4.78 is 10.1. The predicted molar refractivity (Wildman–Crippen MR) is 106 cm³/mol. The van der Waals surface area contributed by atoms with Crippen LogP contribution < -0.4 is 5.32 Å². The summed E-state index contributed by atoms with van der Waals surface area (Å²) in [7, 11) is 1.39. The number of hydrogen-bond donors (Lipinski definition) is 1. The first-order valence-electron chi connectivity index (χ1n) is 10.3. The molecular formula is C22H37NO4. The van der Waals surface area contributed by atoms with E-state index in [0.717, 1.165) is 31.6 Å². The number of alkyl carbamates (subject to hydrolysis) is 1. The van der Waals surface area contributed by atoms with Crippen molar-refractivity contribution in [2.24, 2.45) is 23.2 Å². The van der Waals surface area contributed by atoms with Crippen molar-refractivity contribution in [3.05, 3.63) is 12.2 Å². The van der Waals surface area contributed by atoms with Crippen LogP contribution in [0.25, 0.3) is 0 Å². The van der Waals surface area contributed by atoms with Crippen molar-refractivity contribution in [2.75, 3.05) is 7.11 Å². The fraction of sp³-hybridized carbons (Fsp3) is 0.818. The van der Waals surface area contributed by atoms with E-state index in [9.17, 15) is 9.59 Å². The lowest BCUT2D eigenvalue weighted by Gasteiger charge is -2.62. The molecule has 3 aliphatic carbocycles. The summed E-state index contributed by atoms with van der Waals surface area (Å²) in [4.78, 5) is 23.4. The standard InChI is InChI=1S/C22H37NO4/c1-21(2,3)27-20(25)23-19-15(13-16-14-17(19)22(16,4)5)11-9-7-8-10-12-18(24)26-6/h10,12,15-17,19H,7-9,11,13-14H2,1-6H3,(H,23,25)/b12-10+. The van der Waals surface area contributed by atoms with Gasteiger partial charge < -0.3 is 14.8 Å². The summed E-state index contributed by atoms with van der Waals surface area (Å²) in [5, 5.41) is 3.21. The second-order valence-corrected chi connectivity index (χ2v) is 9.74. The minimum atomic E-state index is -0.474. The van der Waals surface area contributed by atoms with Gasteiger partial charge in [0.05, 0.1) is 7.11 Å². The minimum absolute atomic E-state index is 0.200. The molecule has 0 spiro atoms. The number of carbonyl (C=O) groups is 2. The van der Waals surface area contributed by atoms with Crippen LogP contribution in [0.2, 0.25) is 0 Å².